The van der Waals surface area contributed by atoms with Crippen molar-refractivity contribution in [1.82, 2.24) is 10.3 Å². The Bertz CT molecular complexity index is 751. The third-order valence-corrected chi connectivity index (χ3v) is 5.41. The molecule has 0 saturated heterocycles. The molecule has 0 fully saturated rings. The molecule has 2 aromatic rings. The summed E-state index contributed by atoms with van der Waals surface area (Å²) in [4.78, 5) is 18.2. The van der Waals surface area contributed by atoms with E-state index in [0.717, 1.165) is 46.9 Å². The first-order valence-electron chi connectivity index (χ1n) is 8.59. The summed E-state index contributed by atoms with van der Waals surface area (Å²) in [7, 11) is 0. The van der Waals surface area contributed by atoms with Gasteiger partial charge in [0.1, 0.15) is 4.88 Å². The number of carbonyl (C=O) groups excluding carboxylic acids is 1. The number of thiazole rings is 1. The molecule has 0 bridgehead atoms. The number of rotatable bonds is 4. The molecule has 4 nitrogen and oxygen atoms in total. The number of fused-ring (bicyclic) bond motifs is 1. The molecule has 128 valence electrons. The first kappa shape index (κ1) is 17.0. The van der Waals surface area contributed by atoms with Crippen molar-refractivity contribution in [3.8, 4) is 0 Å². The van der Waals surface area contributed by atoms with Crippen LogP contribution in [0.5, 0.6) is 0 Å². The Morgan fingerprint density at radius 1 is 1.46 bits per heavy atom. The van der Waals surface area contributed by atoms with E-state index in [1.807, 2.05) is 19.1 Å². The molecule has 1 aromatic carbocycles. The van der Waals surface area contributed by atoms with Crippen molar-refractivity contribution in [3.63, 3.8) is 0 Å². The van der Waals surface area contributed by atoms with Crippen molar-refractivity contribution in [2.45, 2.75) is 52.5 Å². The molecule has 1 aromatic heterocycles. The van der Waals surface area contributed by atoms with Crippen molar-refractivity contribution in [3.05, 3.63) is 44.9 Å². The minimum Gasteiger partial charge on any atom is -0.399 e. The van der Waals surface area contributed by atoms with Crippen LogP contribution in [0.15, 0.2) is 18.2 Å². The predicted molar refractivity (Wildman–Crippen MR) is 99.4 cm³/mol. The van der Waals surface area contributed by atoms with Gasteiger partial charge in [-0.25, -0.2) is 4.98 Å². The van der Waals surface area contributed by atoms with Crippen molar-refractivity contribution < 1.29 is 4.79 Å². The Morgan fingerprint density at radius 3 is 3.00 bits per heavy atom. The van der Waals surface area contributed by atoms with E-state index in [0.29, 0.717) is 5.92 Å². The van der Waals surface area contributed by atoms with Crippen LogP contribution in [-0.2, 0) is 12.8 Å². The van der Waals surface area contributed by atoms with Crippen LogP contribution in [0.4, 0.5) is 5.69 Å². The van der Waals surface area contributed by atoms with Crippen LogP contribution in [0, 0.1) is 12.8 Å². The van der Waals surface area contributed by atoms with E-state index in [4.69, 9.17) is 5.73 Å². The van der Waals surface area contributed by atoms with Gasteiger partial charge >= 0.3 is 0 Å². The van der Waals surface area contributed by atoms with Gasteiger partial charge < -0.3 is 11.1 Å². The molecule has 5 heteroatoms. The van der Waals surface area contributed by atoms with Gasteiger partial charge in [0.15, 0.2) is 0 Å². The smallest absolute Gasteiger partial charge is 0.263 e. The molecule has 0 spiro atoms. The number of benzene rings is 1. The van der Waals surface area contributed by atoms with Gasteiger partial charge in [0.05, 0.1) is 16.7 Å². The van der Waals surface area contributed by atoms with Crippen molar-refractivity contribution in [2.75, 3.05) is 5.73 Å². The van der Waals surface area contributed by atoms with Gasteiger partial charge in [-0.2, -0.15) is 0 Å². The summed E-state index contributed by atoms with van der Waals surface area (Å²) in [5.41, 5.74) is 10.1. The molecule has 1 atom stereocenters. The second kappa shape index (κ2) is 6.93. The lowest BCUT2D eigenvalue weighted by molar-refractivity contribution is 0.0935. The Balaban J connectivity index is 1.82. The minimum absolute atomic E-state index is 0.00549. The summed E-state index contributed by atoms with van der Waals surface area (Å²) in [5.74, 6) is 0.488. The van der Waals surface area contributed by atoms with Gasteiger partial charge in [-0.1, -0.05) is 19.9 Å². The summed E-state index contributed by atoms with van der Waals surface area (Å²) in [5, 5.41) is 4.18. The normalized spacial score (nSPS) is 16.9. The Kier molecular flexibility index (Phi) is 4.90. The van der Waals surface area contributed by atoms with E-state index in [9.17, 15) is 4.79 Å². The number of nitrogens with zero attached hydrogens (tertiary/aromatic N) is 1. The second-order valence-corrected chi connectivity index (χ2v) is 8.19. The predicted octanol–water partition coefficient (Wildman–Crippen LogP) is 4.04. The zero-order valence-corrected chi connectivity index (χ0v) is 15.4. The summed E-state index contributed by atoms with van der Waals surface area (Å²) in [6.07, 6.45) is 3.91. The fraction of sp³-hybridized carbons (Fsp3) is 0.474. The molecule has 1 aliphatic carbocycles. The van der Waals surface area contributed by atoms with E-state index in [1.54, 1.807) is 0 Å². The average molecular weight is 343 g/mol. The van der Waals surface area contributed by atoms with Crippen LogP contribution < -0.4 is 11.1 Å². The maximum absolute atomic E-state index is 12.8. The number of carbonyl (C=O) groups is 1. The van der Waals surface area contributed by atoms with Crippen LogP contribution in [0.1, 0.15) is 64.2 Å². The van der Waals surface area contributed by atoms with Crippen LogP contribution >= 0.6 is 11.3 Å². The van der Waals surface area contributed by atoms with Gasteiger partial charge in [-0.3, -0.25) is 4.79 Å². The number of hydrogen-bond acceptors (Lipinski definition) is 4. The molecule has 1 amide bonds. The van der Waals surface area contributed by atoms with Gasteiger partial charge in [0.2, 0.25) is 0 Å². The average Bonchev–Trinajstić information content (AvgIpc) is 2.87. The summed E-state index contributed by atoms with van der Waals surface area (Å²) >= 11 is 1.49. The fourth-order valence-corrected chi connectivity index (χ4v) is 4.23. The number of nitrogens with one attached hydrogen (secondary N) is 1. The highest BCUT2D eigenvalue weighted by atomic mass is 32.1. The van der Waals surface area contributed by atoms with E-state index in [2.05, 4.69) is 30.2 Å². The van der Waals surface area contributed by atoms with E-state index >= 15 is 0 Å². The van der Waals surface area contributed by atoms with E-state index in [1.165, 1.54) is 22.5 Å². The Morgan fingerprint density at radius 2 is 2.25 bits per heavy atom. The zero-order chi connectivity index (χ0) is 17.3. The molecule has 0 aliphatic heterocycles. The summed E-state index contributed by atoms with van der Waals surface area (Å²) < 4.78 is 0. The number of nitrogen functional groups attached to an aromatic ring is 1. The quantitative estimate of drug-likeness (QED) is 0.823. The third-order valence-electron chi connectivity index (χ3n) is 4.40. The van der Waals surface area contributed by atoms with Crippen LogP contribution in [-0.4, -0.2) is 10.9 Å². The standard InChI is InChI=1S/C19H25N3OS/c1-11(2)9-17-18(24-12(3)21-17)19(23)22-16-6-4-5-13-10-14(20)7-8-15(13)16/h7-8,10-11,16H,4-6,9,20H2,1-3H3,(H,22,23). The number of hydrogen-bond donors (Lipinski definition) is 2. The van der Waals surface area contributed by atoms with E-state index < -0.39 is 0 Å². The second-order valence-electron chi connectivity index (χ2n) is 6.98. The third kappa shape index (κ3) is 3.61. The largest absolute Gasteiger partial charge is 0.399 e. The lowest BCUT2D eigenvalue weighted by Crippen LogP contribution is -2.31. The van der Waals surface area contributed by atoms with Crippen molar-refractivity contribution in [1.29, 1.82) is 0 Å². The molecule has 0 radical (unpaired) electrons. The number of anilines is 1. The molecule has 0 saturated carbocycles. The lowest BCUT2D eigenvalue weighted by atomic mass is 9.87. The number of nitrogens with two attached hydrogens (primary N) is 1. The molecule has 3 N–H and O–H groups in total. The van der Waals surface area contributed by atoms with Gasteiger partial charge in [0.25, 0.3) is 5.91 Å². The van der Waals surface area contributed by atoms with Crippen molar-refractivity contribution >= 4 is 22.9 Å². The highest BCUT2D eigenvalue weighted by Crippen LogP contribution is 2.32. The van der Waals surface area contributed by atoms with E-state index in [-0.39, 0.29) is 11.9 Å². The molecule has 1 unspecified atom stereocenters. The van der Waals surface area contributed by atoms with Gasteiger partial charge in [0, 0.05) is 5.69 Å². The maximum atomic E-state index is 12.8. The molecule has 1 aliphatic rings. The van der Waals surface area contributed by atoms with Gasteiger partial charge in [-0.15, -0.1) is 11.3 Å². The summed E-state index contributed by atoms with van der Waals surface area (Å²) in [6.45, 7) is 6.26. The molecule has 24 heavy (non-hydrogen) atoms. The molecule has 3 rings (SSSR count). The summed E-state index contributed by atoms with van der Waals surface area (Å²) in [6, 6.07) is 6.08. The van der Waals surface area contributed by atoms with Gasteiger partial charge in [-0.05, 0) is 61.8 Å². The minimum atomic E-state index is 0.00549. The first-order valence-corrected chi connectivity index (χ1v) is 9.41. The van der Waals surface area contributed by atoms with Crippen LogP contribution in [0.3, 0.4) is 0 Å². The van der Waals surface area contributed by atoms with Crippen LogP contribution in [0.2, 0.25) is 0 Å². The highest BCUT2D eigenvalue weighted by Gasteiger charge is 2.25. The topological polar surface area (TPSA) is 68.0 Å². The fourth-order valence-electron chi connectivity index (χ4n) is 3.38. The Labute approximate surface area is 147 Å². The molecular weight excluding hydrogens is 318 g/mol. The molecular formula is C19H25N3OS. The lowest BCUT2D eigenvalue weighted by Gasteiger charge is -2.26. The van der Waals surface area contributed by atoms with Crippen LogP contribution in [0.25, 0.3) is 0 Å². The maximum Gasteiger partial charge on any atom is 0.263 e. The molecule has 1 heterocycles. The highest BCUT2D eigenvalue weighted by molar-refractivity contribution is 7.13. The Hall–Kier alpha value is -1.88. The first-order chi connectivity index (χ1) is 11.4. The van der Waals surface area contributed by atoms with Crippen molar-refractivity contribution in [2.24, 2.45) is 5.92 Å². The number of aromatic nitrogens is 1. The SMILES string of the molecule is Cc1nc(CC(C)C)c(C(=O)NC2CCCc3cc(N)ccc32)s1. The monoisotopic (exact) mass is 343 g/mol. The number of aryl methyl sites for hydroxylation is 2. The number of amides is 1. The zero-order valence-electron chi connectivity index (χ0n) is 14.6.